The number of carbonyl (C=O) groups excluding carboxylic acids is 8. The molecule has 0 saturated carbocycles. The van der Waals surface area contributed by atoms with E-state index in [0.29, 0.717) is 5.56 Å². The van der Waals surface area contributed by atoms with Crippen molar-refractivity contribution in [3.8, 4) is 5.75 Å². The van der Waals surface area contributed by atoms with E-state index in [4.69, 9.17) is 4.74 Å². The van der Waals surface area contributed by atoms with E-state index in [9.17, 15) is 58.8 Å². The summed E-state index contributed by atoms with van der Waals surface area (Å²) < 4.78 is 5.67. The number of likely N-dealkylation sites (N-methyl/N-ethyl adjacent to an activating group) is 2. The number of phenols is 1. The van der Waals surface area contributed by atoms with Gasteiger partial charge >= 0.3 is 5.97 Å². The molecule has 0 saturated heterocycles. The second-order valence-corrected chi connectivity index (χ2v) is 18.5. The molecule has 1 heterocycles. The molecule has 1 aromatic carbocycles. The van der Waals surface area contributed by atoms with Crippen molar-refractivity contribution in [1.82, 2.24) is 36.4 Å². The lowest BCUT2D eigenvalue weighted by Crippen LogP contribution is -2.59. The Balaban J connectivity index is 2.17. The van der Waals surface area contributed by atoms with Gasteiger partial charge in [0.25, 0.3) is 0 Å². The molecule has 0 fully saturated rings. The molecule has 8 atom stereocenters. The van der Waals surface area contributed by atoms with Crippen LogP contribution in [0.5, 0.6) is 5.75 Å². The van der Waals surface area contributed by atoms with Gasteiger partial charge in [-0.05, 0) is 48.3 Å². The average Bonchev–Trinajstić information content (AvgIpc) is 3.29. The quantitative estimate of drug-likeness (QED) is 0.0372. The largest absolute Gasteiger partial charge is 0.508 e. The fraction of sp³-hybridized carbons (Fsp3) is 0.633. The summed E-state index contributed by atoms with van der Waals surface area (Å²) in [6, 6.07) is -2.44. The van der Waals surface area contributed by atoms with Gasteiger partial charge in [-0.15, -0.1) is 0 Å². The van der Waals surface area contributed by atoms with Crippen LogP contribution in [0.1, 0.15) is 99.0 Å². The Labute approximate surface area is 406 Å². The van der Waals surface area contributed by atoms with Crippen molar-refractivity contribution in [1.29, 1.82) is 0 Å². The van der Waals surface area contributed by atoms with Crippen LogP contribution in [-0.2, 0) is 49.5 Å². The van der Waals surface area contributed by atoms with Gasteiger partial charge in [-0.1, -0.05) is 98.1 Å². The Morgan fingerprint density at radius 1 is 0.783 bits per heavy atom. The number of cyclic esters (lactones) is 1. The number of carbonyl (C=O) groups is 8. The lowest BCUT2D eigenvalue weighted by atomic mass is 9.98. The van der Waals surface area contributed by atoms with Gasteiger partial charge in [0, 0.05) is 33.0 Å². The van der Waals surface area contributed by atoms with Crippen molar-refractivity contribution in [3.05, 3.63) is 54.1 Å². The van der Waals surface area contributed by atoms with Gasteiger partial charge in [0.1, 0.15) is 42.6 Å². The van der Waals surface area contributed by atoms with E-state index in [1.165, 1.54) is 42.1 Å². The van der Waals surface area contributed by atoms with Crippen LogP contribution in [-0.4, -0.2) is 160 Å². The van der Waals surface area contributed by atoms with Crippen molar-refractivity contribution in [2.75, 3.05) is 33.9 Å². The summed E-state index contributed by atoms with van der Waals surface area (Å²) in [5.74, 6) is -7.10. The average molecular weight is 972 g/mol. The van der Waals surface area contributed by atoms with Gasteiger partial charge in [-0.3, -0.25) is 33.6 Å². The lowest BCUT2D eigenvalue weighted by molar-refractivity contribution is -0.157. The molecule has 2 rings (SSSR count). The van der Waals surface area contributed by atoms with E-state index < -0.39 is 134 Å². The molecule has 20 nitrogen and oxygen atoms in total. The molecule has 0 bridgehead atoms. The molecular formula is C49H77N7O13. The number of allylic oxidation sites excluding steroid dienone is 1. The molecule has 9 N–H and O–H groups in total. The Kier molecular flexibility index (Phi) is 25.7. The topological polar surface area (TPSA) is 293 Å². The molecule has 0 unspecified atom stereocenters. The smallest absolute Gasteiger partial charge is 0.329 e. The molecule has 1 aliphatic heterocycles. The first kappa shape index (κ1) is 59.3. The molecule has 0 spiro atoms. The second kappa shape index (κ2) is 29.9. The maximum Gasteiger partial charge on any atom is 0.329 e. The zero-order valence-corrected chi connectivity index (χ0v) is 41.6. The van der Waals surface area contributed by atoms with Crippen LogP contribution in [0.4, 0.5) is 0 Å². The summed E-state index contributed by atoms with van der Waals surface area (Å²) >= 11 is 0. The Hall–Kier alpha value is -5.86. The number of amides is 7. The SMILES string of the molecule is CCCCCC/C=C\CC(=O)N[C@@H](CO)C(=O)N[C@H](C(=O)N[C@@H](CO)[C@@H](O)CC(=O)N[C@H](C(=O)N[C@@H]1/C=C/C(=O)N(C)[C@@H](C(C)C)C(=O)N(C)[C@@H](Cc2ccc(O)cc2)C(=O)OC1)C(C)C)C(C)C. The molecular weight excluding hydrogens is 895 g/mol. The van der Waals surface area contributed by atoms with Gasteiger partial charge in [-0.2, -0.15) is 0 Å². The predicted octanol–water partition coefficient (Wildman–Crippen LogP) is 0.746. The Morgan fingerprint density at radius 3 is 2.00 bits per heavy atom. The number of esters is 1. The van der Waals surface area contributed by atoms with Crippen LogP contribution in [0.3, 0.4) is 0 Å². The highest BCUT2D eigenvalue weighted by molar-refractivity contribution is 5.95. The Bertz CT molecular complexity index is 1920. The van der Waals surface area contributed by atoms with Crippen molar-refractivity contribution in [2.24, 2.45) is 17.8 Å². The standard InChI is InChI=1S/C49H77N7O13/c1-10-11-12-13-14-15-16-17-39(61)51-36(27-58)45(64)54-43(30(4)5)47(66)52-35(26-57)38(60)25-40(62)53-42(29(2)3)46(65)50-33-20-23-41(63)56(9)44(31(6)7)48(67)55(8)37(49(68)69-28-33)24-32-18-21-34(59)22-19-32/h15-16,18-23,29-31,33,35-38,42-44,57-60H,10-14,17,24-28H2,1-9H3,(H,50,65)(H,51,61)(H,52,66)(H,53,62)(H,54,64)/b16-15-,23-20+/t33-,35+,36+,37+,38+,42+,43+,44+/m1/s1. The number of nitrogens with zero attached hydrogens (tertiary/aromatic N) is 2. The molecule has 20 heteroatoms. The minimum Gasteiger partial charge on any atom is -0.508 e. The van der Waals surface area contributed by atoms with E-state index in [1.807, 2.05) is 6.08 Å². The van der Waals surface area contributed by atoms with E-state index in [1.54, 1.807) is 59.8 Å². The molecule has 386 valence electrons. The molecule has 0 radical (unpaired) electrons. The van der Waals surface area contributed by atoms with Crippen LogP contribution >= 0.6 is 0 Å². The third-order valence-electron chi connectivity index (χ3n) is 11.7. The van der Waals surface area contributed by atoms with Crippen LogP contribution < -0.4 is 26.6 Å². The first-order valence-corrected chi connectivity index (χ1v) is 23.8. The highest BCUT2D eigenvalue weighted by Gasteiger charge is 2.38. The summed E-state index contributed by atoms with van der Waals surface area (Å²) in [4.78, 5) is 110. The third kappa shape index (κ3) is 19.6. The highest BCUT2D eigenvalue weighted by Crippen LogP contribution is 2.20. The van der Waals surface area contributed by atoms with E-state index in [0.717, 1.165) is 38.2 Å². The van der Waals surface area contributed by atoms with Crippen LogP contribution in [0.2, 0.25) is 0 Å². The number of benzene rings is 1. The van der Waals surface area contributed by atoms with Gasteiger partial charge in [0.15, 0.2) is 0 Å². The maximum atomic E-state index is 13.8. The number of phenolic OH excluding ortho intramolecular Hbond substituents is 1. The monoisotopic (exact) mass is 972 g/mol. The number of aromatic hydroxyl groups is 1. The number of aliphatic hydroxyl groups excluding tert-OH is 3. The lowest BCUT2D eigenvalue weighted by Gasteiger charge is -2.36. The van der Waals surface area contributed by atoms with E-state index >= 15 is 0 Å². The van der Waals surface area contributed by atoms with Crippen molar-refractivity contribution in [3.63, 3.8) is 0 Å². The maximum absolute atomic E-state index is 13.8. The molecule has 1 aliphatic rings. The van der Waals surface area contributed by atoms with Crippen LogP contribution in [0, 0.1) is 17.8 Å². The number of ether oxygens (including phenoxy) is 1. The third-order valence-corrected chi connectivity index (χ3v) is 11.7. The summed E-state index contributed by atoms with van der Waals surface area (Å²) in [6.45, 7) is 10.1. The minimum absolute atomic E-state index is 0.00339. The number of nitrogens with one attached hydrogen (secondary N) is 5. The summed E-state index contributed by atoms with van der Waals surface area (Å²) in [7, 11) is 2.89. The molecule has 0 aromatic heterocycles. The van der Waals surface area contributed by atoms with Crippen molar-refractivity contribution < 1.29 is 63.5 Å². The molecule has 7 amide bonds. The zero-order valence-electron chi connectivity index (χ0n) is 41.6. The van der Waals surface area contributed by atoms with Gasteiger partial charge < -0.3 is 61.5 Å². The molecule has 0 aliphatic carbocycles. The Morgan fingerprint density at radius 2 is 1.42 bits per heavy atom. The molecule has 1 aromatic rings. The number of hydrogen-bond acceptors (Lipinski definition) is 13. The molecule has 69 heavy (non-hydrogen) atoms. The second-order valence-electron chi connectivity index (χ2n) is 18.5. The van der Waals surface area contributed by atoms with E-state index in [2.05, 4.69) is 33.5 Å². The predicted molar refractivity (Wildman–Crippen MR) is 257 cm³/mol. The van der Waals surface area contributed by atoms with E-state index in [-0.39, 0.29) is 24.5 Å². The zero-order chi connectivity index (χ0) is 52.0. The number of unbranched alkanes of at least 4 members (excludes halogenated alkanes) is 4. The fourth-order valence-electron chi connectivity index (χ4n) is 7.50. The summed E-state index contributed by atoms with van der Waals surface area (Å²) in [5, 5.41) is 53.6. The number of rotatable bonds is 25. The minimum atomic E-state index is -1.69. The van der Waals surface area contributed by atoms with Crippen molar-refractivity contribution >= 4 is 47.3 Å². The highest BCUT2D eigenvalue weighted by atomic mass is 16.5. The van der Waals surface area contributed by atoms with Gasteiger partial charge in [-0.25, -0.2) is 4.79 Å². The summed E-state index contributed by atoms with van der Waals surface area (Å²) in [6.07, 6.45) is 8.76. The first-order valence-electron chi connectivity index (χ1n) is 23.8. The van der Waals surface area contributed by atoms with Gasteiger partial charge in [0.05, 0.1) is 37.8 Å². The fourth-order valence-corrected chi connectivity index (χ4v) is 7.50. The number of aliphatic hydroxyl groups is 3. The normalized spacial score (nSPS) is 19.8. The van der Waals surface area contributed by atoms with Crippen LogP contribution in [0.15, 0.2) is 48.6 Å². The van der Waals surface area contributed by atoms with Crippen LogP contribution in [0.25, 0.3) is 0 Å². The summed E-state index contributed by atoms with van der Waals surface area (Å²) in [5.41, 5.74) is 0.607. The number of hydrogen-bond donors (Lipinski definition) is 9. The first-order chi connectivity index (χ1) is 32.6. The van der Waals surface area contributed by atoms with Gasteiger partial charge in [0.2, 0.25) is 41.4 Å². The van der Waals surface area contributed by atoms with Crippen molar-refractivity contribution in [2.45, 2.75) is 148 Å².